The van der Waals surface area contributed by atoms with Crippen LogP contribution in [0.1, 0.15) is 342 Å². The lowest BCUT2D eigenvalue weighted by Crippen LogP contribution is -2.47. The molecule has 456 valence electrons. The smallest absolute Gasteiger partial charge is 0.456 e. The first kappa shape index (κ1) is 75.5. The second kappa shape index (κ2) is 57.7. The van der Waals surface area contributed by atoms with Crippen molar-refractivity contribution < 1.29 is 37.3 Å². The van der Waals surface area contributed by atoms with Crippen LogP contribution in [0.25, 0.3) is 0 Å². The lowest BCUT2D eigenvalue weighted by atomic mass is 10.0. The van der Waals surface area contributed by atoms with Gasteiger partial charge in [-0.1, -0.05) is 296 Å². The average molecular weight is 1110 g/mol. The highest BCUT2D eigenvalue weighted by molar-refractivity contribution is 7.47. The Morgan fingerprint density at radius 1 is 0.442 bits per heavy atom. The molecule has 0 fully saturated rings. The number of quaternary nitrogens is 1. The molecule has 0 bridgehead atoms. The predicted molar refractivity (Wildman–Crippen MR) is 333 cm³/mol. The van der Waals surface area contributed by atoms with Crippen LogP contribution in [0, 0.1) is 0 Å². The largest absolute Gasteiger partial charge is 0.472 e. The molecule has 77 heavy (non-hydrogen) atoms. The molecule has 3 unspecified atom stereocenters. The molecule has 0 heterocycles. The molecule has 0 aromatic heterocycles. The second-order valence-corrected chi connectivity index (χ2v) is 25.8. The van der Waals surface area contributed by atoms with Gasteiger partial charge in [0.15, 0.2) is 0 Å². The van der Waals surface area contributed by atoms with Crippen LogP contribution >= 0.6 is 7.82 Å². The van der Waals surface area contributed by atoms with Gasteiger partial charge in [-0.2, -0.15) is 0 Å². The SMILES string of the molecule is CCCCCCCC/C=C/CCCCCCCCCCCCCC(=O)OC(/C=C/CCCCCCCCCCC)C(COP(=O)(O)OCC[N+](C)(C)C)NC(=O)CCCCCCCCCCCCCCCCCCCCC. The molecule has 0 spiro atoms. The van der Waals surface area contributed by atoms with Crippen LogP contribution in [-0.4, -0.2) is 74.3 Å². The van der Waals surface area contributed by atoms with Crippen molar-refractivity contribution in [2.75, 3.05) is 40.9 Å². The third kappa shape index (κ3) is 58.9. The summed E-state index contributed by atoms with van der Waals surface area (Å²) < 4.78 is 30.8. The van der Waals surface area contributed by atoms with Gasteiger partial charge in [0.2, 0.25) is 5.91 Å². The number of ether oxygens (including phenoxy) is 1. The van der Waals surface area contributed by atoms with Crippen molar-refractivity contribution in [3.8, 4) is 0 Å². The summed E-state index contributed by atoms with van der Waals surface area (Å²) in [6, 6.07) is -0.842. The van der Waals surface area contributed by atoms with Gasteiger partial charge in [0.05, 0.1) is 33.8 Å². The van der Waals surface area contributed by atoms with Crippen molar-refractivity contribution in [2.24, 2.45) is 0 Å². The fraction of sp³-hybridized carbons (Fsp3) is 0.910. The van der Waals surface area contributed by atoms with E-state index in [0.29, 0.717) is 23.9 Å². The number of amides is 1. The van der Waals surface area contributed by atoms with Crippen molar-refractivity contribution in [1.82, 2.24) is 5.32 Å². The molecule has 0 aliphatic rings. The predicted octanol–water partition coefficient (Wildman–Crippen LogP) is 20.9. The van der Waals surface area contributed by atoms with Crippen LogP contribution in [0.5, 0.6) is 0 Å². The number of carbonyl (C=O) groups excluding carboxylic acids is 2. The Kier molecular flexibility index (Phi) is 56.6. The number of hydrogen-bond acceptors (Lipinski definition) is 6. The Labute approximate surface area is 479 Å². The van der Waals surface area contributed by atoms with Gasteiger partial charge < -0.3 is 19.4 Å². The molecule has 0 saturated heterocycles. The molecule has 10 heteroatoms. The Bertz CT molecular complexity index is 1370. The molecule has 0 saturated carbocycles. The zero-order chi connectivity index (χ0) is 56.4. The number of carbonyl (C=O) groups is 2. The van der Waals surface area contributed by atoms with Crippen LogP contribution in [0.4, 0.5) is 0 Å². The summed E-state index contributed by atoms with van der Waals surface area (Å²) in [5.41, 5.74) is 0. The summed E-state index contributed by atoms with van der Waals surface area (Å²) in [4.78, 5) is 37.8. The van der Waals surface area contributed by atoms with E-state index in [2.05, 4.69) is 38.2 Å². The molecule has 2 N–H and O–H groups in total. The molecule has 0 aromatic carbocycles. The van der Waals surface area contributed by atoms with Crippen molar-refractivity contribution >= 4 is 19.7 Å². The van der Waals surface area contributed by atoms with Gasteiger partial charge in [-0.3, -0.25) is 18.6 Å². The number of phosphoric acid groups is 1. The first-order chi connectivity index (χ1) is 37.4. The lowest BCUT2D eigenvalue weighted by Gasteiger charge is -2.27. The van der Waals surface area contributed by atoms with Crippen LogP contribution in [0.2, 0.25) is 0 Å². The number of nitrogens with zero attached hydrogens (tertiary/aromatic N) is 1. The van der Waals surface area contributed by atoms with E-state index in [1.165, 1.54) is 250 Å². The van der Waals surface area contributed by atoms with E-state index in [-0.39, 0.29) is 25.1 Å². The normalized spacial score (nSPS) is 13.7. The zero-order valence-corrected chi connectivity index (χ0v) is 53.1. The van der Waals surface area contributed by atoms with Crippen LogP contribution in [0.15, 0.2) is 24.3 Å². The minimum atomic E-state index is -4.44. The average Bonchev–Trinajstić information content (AvgIpc) is 3.39. The van der Waals surface area contributed by atoms with E-state index < -0.39 is 20.0 Å². The van der Waals surface area contributed by atoms with Gasteiger partial charge in [0.25, 0.3) is 0 Å². The van der Waals surface area contributed by atoms with Gasteiger partial charge in [-0.25, -0.2) is 4.57 Å². The van der Waals surface area contributed by atoms with E-state index in [1.54, 1.807) is 0 Å². The van der Waals surface area contributed by atoms with Crippen LogP contribution < -0.4 is 5.32 Å². The lowest BCUT2D eigenvalue weighted by molar-refractivity contribution is -0.870. The third-order valence-electron chi connectivity index (χ3n) is 15.4. The molecular formula is C67H132N2O7P+. The van der Waals surface area contributed by atoms with Gasteiger partial charge in [-0.15, -0.1) is 0 Å². The fourth-order valence-corrected chi connectivity index (χ4v) is 10.9. The molecule has 0 aliphatic carbocycles. The second-order valence-electron chi connectivity index (χ2n) is 24.4. The minimum absolute atomic E-state index is 0.0441. The fourth-order valence-electron chi connectivity index (χ4n) is 10.2. The maximum Gasteiger partial charge on any atom is 0.472 e. The zero-order valence-electron chi connectivity index (χ0n) is 52.2. The highest BCUT2D eigenvalue weighted by atomic mass is 31.2. The van der Waals surface area contributed by atoms with Crippen molar-refractivity contribution in [3.05, 3.63) is 24.3 Å². The van der Waals surface area contributed by atoms with E-state index >= 15 is 0 Å². The number of allylic oxidation sites excluding steroid dienone is 3. The first-order valence-electron chi connectivity index (χ1n) is 33.7. The minimum Gasteiger partial charge on any atom is -0.456 e. The quantitative estimate of drug-likeness (QED) is 0.0205. The molecule has 3 atom stereocenters. The van der Waals surface area contributed by atoms with Crippen molar-refractivity contribution in [1.29, 1.82) is 0 Å². The summed E-state index contributed by atoms with van der Waals surface area (Å²) in [5.74, 6) is -0.486. The molecule has 0 aliphatic heterocycles. The number of nitrogens with one attached hydrogen (secondary N) is 1. The third-order valence-corrected chi connectivity index (χ3v) is 16.4. The maximum absolute atomic E-state index is 13.6. The summed E-state index contributed by atoms with van der Waals surface area (Å²) in [7, 11) is 1.51. The number of hydrogen-bond donors (Lipinski definition) is 2. The molecule has 0 radical (unpaired) electrons. The first-order valence-corrected chi connectivity index (χ1v) is 35.2. The van der Waals surface area contributed by atoms with Gasteiger partial charge in [0.1, 0.15) is 19.3 Å². The van der Waals surface area contributed by atoms with E-state index in [1.807, 2.05) is 33.3 Å². The molecule has 1 amide bonds. The van der Waals surface area contributed by atoms with E-state index in [9.17, 15) is 19.0 Å². The number of phosphoric ester groups is 1. The number of rotatable bonds is 62. The molecule has 0 rings (SSSR count). The van der Waals surface area contributed by atoms with Gasteiger partial charge in [0, 0.05) is 12.8 Å². The number of likely N-dealkylation sites (N-methyl/N-ethyl adjacent to an activating group) is 1. The molecule has 0 aromatic rings. The summed E-state index contributed by atoms with van der Waals surface area (Å²) >= 11 is 0. The molecular weight excluding hydrogens is 976 g/mol. The van der Waals surface area contributed by atoms with Crippen LogP contribution in [0.3, 0.4) is 0 Å². The summed E-state index contributed by atoms with van der Waals surface area (Å²) in [6.07, 6.45) is 68.9. The molecule has 9 nitrogen and oxygen atoms in total. The Morgan fingerprint density at radius 3 is 1.10 bits per heavy atom. The number of unbranched alkanes of at least 4 members (excludes halogenated alkanes) is 44. The monoisotopic (exact) mass is 1110 g/mol. The standard InChI is InChI=1S/C67H131N2O7P/c1-7-10-13-16-19-22-25-27-29-31-33-34-36-38-40-42-45-48-51-54-57-60-67(71)76-65(58-55-52-49-46-43-24-21-18-15-12-9-3)64(63-75-77(72,73)74-62-61-69(4,5)6)68-66(70)59-56-53-50-47-44-41-39-37-35-32-30-28-26-23-20-17-14-11-8-2/h27,29,55,58,64-65H,7-26,28,30-54,56-57,59-63H2,1-6H3,(H-,68,70,72,73)/p+1/b29-27+,58-55+. The Morgan fingerprint density at radius 2 is 0.753 bits per heavy atom. The van der Waals surface area contributed by atoms with Crippen molar-refractivity contribution in [2.45, 2.75) is 354 Å². The Hall–Kier alpha value is -1.51. The summed E-state index contributed by atoms with van der Waals surface area (Å²) in [6.45, 7) is 7.06. The van der Waals surface area contributed by atoms with Crippen molar-refractivity contribution in [3.63, 3.8) is 0 Å². The highest BCUT2D eigenvalue weighted by Crippen LogP contribution is 2.43. The number of esters is 1. The maximum atomic E-state index is 13.6. The van der Waals surface area contributed by atoms with Crippen LogP contribution in [-0.2, 0) is 27.9 Å². The topological polar surface area (TPSA) is 111 Å². The van der Waals surface area contributed by atoms with Gasteiger partial charge in [-0.05, 0) is 57.4 Å². The Balaban J connectivity index is 5.08. The van der Waals surface area contributed by atoms with Gasteiger partial charge >= 0.3 is 13.8 Å². The van der Waals surface area contributed by atoms with E-state index in [4.69, 9.17) is 13.8 Å². The van der Waals surface area contributed by atoms with E-state index in [0.717, 1.165) is 57.8 Å². The highest BCUT2D eigenvalue weighted by Gasteiger charge is 2.30. The summed E-state index contributed by atoms with van der Waals surface area (Å²) in [5, 5.41) is 3.07.